The molecule has 8 heteroatoms. The van der Waals surface area contributed by atoms with Gasteiger partial charge in [0.2, 0.25) is 5.91 Å². The maximum absolute atomic E-state index is 12.7. The molecule has 3 aromatic rings. The van der Waals surface area contributed by atoms with Gasteiger partial charge >= 0.3 is 0 Å². The van der Waals surface area contributed by atoms with Crippen molar-refractivity contribution in [1.82, 2.24) is 9.88 Å². The van der Waals surface area contributed by atoms with Crippen LogP contribution in [0.25, 0.3) is 0 Å². The minimum Gasteiger partial charge on any atom is -0.493 e. The fourth-order valence-electron chi connectivity index (χ4n) is 2.73. The van der Waals surface area contributed by atoms with Crippen molar-refractivity contribution in [2.75, 3.05) is 26.0 Å². The first-order chi connectivity index (χ1) is 14.5. The fraction of sp³-hybridized carbons (Fsp3) is 0.227. The van der Waals surface area contributed by atoms with Crippen molar-refractivity contribution >= 4 is 28.8 Å². The Kier molecular flexibility index (Phi) is 7.03. The number of anilines is 1. The summed E-state index contributed by atoms with van der Waals surface area (Å²) in [6.07, 6.45) is 0. The van der Waals surface area contributed by atoms with E-state index < -0.39 is 0 Å². The number of hydrogen-bond acceptors (Lipinski definition) is 6. The Labute approximate surface area is 179 Å². The van der Waals surface area contributed by atoms with Crippen molar-refractivity contribution in [3.05, 3.63) is 70.2 Å². The zero-order chi connectivity index (χ0) is 21.5. The Morgan fingerprint density at radius 1 is 1.13 bits per heavy atom. The Morgan fingerprint density at radius 2 is 1.90 bits per heavy atom. The molecule has 0 radical (unpaired) electrons. The van der Waals surface area contributed by atoms with Crippen LogP contribution in [0.4, 0.5) is 5.69 Å². The molecule has 7 nitrogen and oxygen atoms in total. The number of rotatable bonds is 8. The molecular weight excluding hydrogens is 402 g/mol. The molecule has 1 N–H and O–H groups in total. The van der Waals surface area contributed by atoms with Gasteiger partial charge < -0.3 is 19.7 Å². The van der Waals surface area contributed by atoms with Gasteiger partial charge in [-0.3, -0.25) is 9.59 Å². The van der Waals surface area contributed by atoms with Gasteiger partial charge in [0.1, 0.15) is 6.61 Å². The van der Waals surface area contributed by atoms with Gasteiger partial charge in [0.05, 0.1) is 24.9 Å². The lowest BCUT2D eigenvalue weighted by molar-refractivity contribution is -0.116. The van der Waals surface area contributed by atoms with Gasteiger partial charge in [-0.05, 0) is 37.3 Å². The molecule has 0 saturated heterocycles. The summed E-state index contributed by atoms with van der Waals surface area (Å²) in [5.74, 6) is 0.388. The minimum absolute atomic E-state index is 0.0723. The monoisotopic (exact) mass is 425 g/mol. The van der Waals surface area contributed by atoms with Gasteiger partial charge in [-0.2, -0.15) is 0 Å². The number of benzene rings is 2. The van der Waals surface area contributed by atoms with Crippen LogP contribution in [0.5, 0.6) is 11.5 Å². The van der Waals surface area contributed by atoms with Gasteiger partial charge in [-0.1, -0.05) is 17.7 Å². The second kappa shape index (κ2) is 9.89. The first kappa shape index (κ1) is 21.3. The van der Waals surface area contributed by atoms with E-state index in [1.807, 2.05) is 36.6 Å². The molecule has 0 fully saturated rings. The molecular formula is C22H23N3O4S. The molecule has 1 aromatic heterocycles. The summed E-state index contributed by atoms with van der Waals surface area (Å²) in [6, 6.07) is 12.4. The Balaban J connectivity index is 1.61. The third-order valence-electron chi connectivity index (χ3n) is 4.33. The number of methoxy groups -OCH3 is 1. The summed E-state index contributed by atoms with van der Waals surface area (Å²) in [4.78, 5) is 30.5. The van der Waals surface area contributed by atoms with Crippen molar-refractivity contribution in [1.29, 1.82) is 0 Å². The zero-order valence-electron chi connectivity index (χ0n) is 17.0. The summed E-state index contributed by atoms with van der Waals surface area (Å²) in [5, 5.41) is 4.69. The smallest absolute Gasteiger partial charge is 0.254 e. The fourth-order valence-corrected chi connectivity index (χ4v) is 3.27. The van der Waals surface area contributed by atoms with Crippen LogP contribution in [0.3, 0.4) is 0 Å². The van der Waals surface area contributed by atoms with E-state index in [1.165, 1.54) is 23.3 Å². The molecule has 156 valence electrons. The lowest BCUT2D eigenvalue weighted by atomic mass is 10.1. The number of hydrogen-bond donors (Lipinski definition) is 1. The summed E-state index contributed by atoms with van der Waals surface area (Å²) in [7, 11) is 3.09. The number of carbonyl (C=O) groups is 2. The quantitative estimate of drug-likeness (QED) is 0.595. The van der Waals surface area contributed by atoms with Crippen LogP contribution in [-0.4, -0.2) is 42.4 Å². The molecule has 0 aliphatic rings. The number of ether oxygens (including phenoxy) is 2. The number of amides is 2. The van der Waals surface area contributed by atoms with E-state index in [0.29, 0.717) is 29.4 Å². The van der Waals surface area contributed by atoms with Crippen molar-refractivity contribution < 1.29 is 19.1 Å². The molecule has 30 heavy (non-hydrogen) atoms. The highest BCUT2D eigenvalue weighted by molar-refractivity contribution is 7.07. The Morgan fingerprint density at radius 3 is 2.57 bits per heavy atom. The maximum atomic E-state index is 12.7. The molecule has 2 amide bonds. The van der Waals surface area contributed by atoms with Crippen LogP contribution < -0.4 is 14.8 Å². The third-order valence-corrected chi connectivity index (χ3v) is 4.97. The SMILES string of the molecule is COc1cc(C(=O)N(C)CC(=O)Nc2ccc(C)cc2)ccc1OCc1cscn1. The standard InChI is InChI=1S/C22H23N3O4S/c1-15-4-7-17(8-5-15)24-21(26)11-25(2)22(27)16-6-9-19(20(10-16)28-3)29-12-18-13-30-14-23-18/h4-10,13-14H,11-12H2,1-3H3,(H,24,26). The number of aryl methyl sites for hydroxylation is 1. The number of likely N-dealkylation sites (N-methyl/N-ethyl adjacent to an activating group) is 1. The number of nitrogens with zero attached hydrogens (tertiary/aromatic N) is 2. The maximum Gasteiger partial charge on any atom is 0.254 e. The second-order valence-electron chi connectivity index (χ2n) is 6.71. The first-order valence-corrected chi connectivity index (χ1v) is 10.2. The van der Waals surface area contributed by atoms with Crippen LogP contribution >= 0.6 is 11.3 Å². The molecule has 0 saturated carbocycles. The van der Waals surface area contributed by atoms with Gasteiger partial charge in [0.15, 0.2) is 11.5 Å². The van der Waals surface area contributed by atoms with Crippen molar-refractivity contribution in [3.8, 4) is 11.5 Å². The summed E-state index contributed by atoms with van der Waals surface area (Å²) in [5.41, 5.74) is 4.76. The third kappa shape index (κ3) is 5.57. The number of nitrogens with one attached hydrogen (secondary N) is 1. The highest BCUT2D eigenvalue weighted by Gasteiger charge is 2.17. The first-order valence-electron chi connectivity index (χ1n) is 9.26. The minimum atomic E-state index is -0.293. The average Bonchev–Trinajstić information content (AvgIpc) is 3.26. The molecule has 0 unspecified atom stereocenters. The normalized spacial score (nSPS) is 10.4. The van der Waals surface area contributed by atoms with Crippen molar-refractivity contribution in [2.24, 2.45) is 0 Å². The van der Waals surface area contributed by atoms with E-state index in [0.717, 1.165) is 11.3 Å². The van der Waals surface area contributed by atoms with Crippen LogP contribution in [0.15, 0.2) is 53.4 Å². The lowest BCUT2D eigenvalue weighted by Gasteiger charge is -2.18. The number of carbonyl (C=O) groups excluding carboxylic acids is 2. The van der Waals surface area contributed by atoms with Crippen molar-refractivity contribution in [2.45, 2.75) is 13.5 Å². The summed E-state index contributed by atoms with van der Waals surface area (Å²) >= 11 is 1.49. The van der Waals surface area contributed by atoms with Gasteiger partial charge in [0, 0.05) is 23.7 Å². The van der Waals surface area contributed by atoms with Crippen LogP contribution in [0, 0.1) is 6.92 Å². The van der Waals surface area contributed by atoms with Crippen molar-refractivity contribution in [3.63, 3.8) is 0 Å². The molecule has 0 atom stereocenters. The molecule has 1 heterocycles. The molecule has 0 spiro atoms. The van der Waals surface area contributed by atoms with E-state index in [2.05, 4.69) is 10.3 Å². The van der Waals surface area contributed by atoms with Gasteiger partial charge in [-0.25, -0.2) is 4.98 Å². The Hall–Kier alpha value is -3.39. The highest BCUT2D eigenvalue weighted by atomic mass is 32.1. The second-order valence-corrected chi connectivity index (χ2v) is 7.43. The van der Waals surface area contributed by atoms with E-state index in [4.69, 9.17) is 9.47 Å². The van der Waals surface area contributed by atoms with E-state index >= 15 is 0 Å². The van der Waals surface area contributed by atoms with Gasteiger partial charge in [-0.15, -0.1) is 11.3 Å². The summed E-state index contributed by atoms with van der Waals surface area (Å²) < 4.78 is 11.1. The number of aromatic nitrogens is 1. The zero-order valence-corrected chi connectivity index (χ0v) is 17.9. The molecule has 0 aliphatic carbocycles. The van der Waals surface area contributed by atoms with E-state index in [-0.39, 0.29) is 18.4 Å². The largest absolute Gasteiger partial charge is 0.493 e. The highest BCUT2D eigenvalue weighted by Crippen LogP contribution is 2.29. The van der Waals surface area contributed by atoms with E-state index in [9.17, 15) is 9.59 Å². The van der Waals surface area contributed by atoms with Gasteiger partial charge in [0.25, 0.3) is 5.91 Å². The molecule has 2 aromatic carbocycles. The topological polar surface area (TPSA) is 80.8 Å². The molecule has 0 aliphatic heterocycles. The van der Waals surface area contributed by atoms with Crippen LogP contribution in [0.1, 0.15) is 21.6 Å². The van der Waals surface area contributed by atoms with Crippen LogP contribution in [0.2, 0.25) is 0 Å². The van der Waals surface area contributed by atoms with Crippen LogP contribution in [-0.2, 0) is 11.4 Å². The number of thiazole rings is 1. The predicted molar refractivity (Wildman–Crippen MR) is 116 cm³/mol. The molecule has 0 bridgehead atoms. The van der Waals surface area contributed by atoms with E-state index in [1.54, 1.807) is 30.8 Å². The summed E-state index contributed by atoms with van der Waals surface area (Å²) in [6.45, 7) is 2.21. The Bertz CT molecular complexity index is 1000. The average molecular weight is 426 g/mol. The molecule has 3 rings (SSSR count). The predicted octanol–water partition coefficient (Wildman–Crippen LogP) is 3.75. The lowest BCUT2D eigenvalue weighted by Crippen LogP contribution is -2.34.